The van der Waals surface area contributed by atoms with Crippen LogP contribution in [-0.2, 0) is 0 Å². The van der Waals surface area contributed by atoms with Crippen LogP contribution in [0.2, 0.25) is 0 Å². The van der Waals surface area contributed by atoms with Crippen LogP contribution >= 0.6 is 15.9 Å². The number of ether oxygens (including phenoxy) is 1. The monoisotopic (exact) mass is 254 g/mol. The van der Waals surface area contributed by atoms with Gasteiger partial charge in [-0.2, -0.15) is 5.26 Å². The van der Waals surface area contributed by atoms with Gasteiger partial charge in [0, 0.05) is 10.0 Å². The number of hydrogen-bond donors (Lipinski definition) is 1. The predicted octanol–water partition coefficient (Wildman–Crippen LogP) is 2.16. The lowest BCUT2D eigenvalue weighted by Gasteiger charge is -2.05. The SMILES string of the molecule is N#CCOc1ccc(Br)cc1C=NO. The molecule has 14 heavy (non-hydrogen) atoms. The molecule has 0 aliphatic heterocycles. The van der Waals surface area contributed by atoms with Crippen molar-refractivity contribution in [3.63, 3.8) is 0 Å². The summed E-state index contributed by atoms with van der Waals surface area (Å²) in [7, 11) is 0. The third kappa shape index (κ3) is 2.75. The van der Waals surface area contributed by atoms with Crippen molar-refractivity contribution in [1.82, 2.24) is 0 Å². The number of oxime groups is 1. The Hall–Kier alpha value is -1.54. The standard InChI is InChI=1S/C9H7BrN2O2/c10-8-1-2-9(14-4-3-11)7(5-8)6-12-13/h1-2,5-6,13H,4H2. The van der Waals surface area contributed by atoms with Crippen molar-refractivity contribution in [2.24, 2.45) is 5.16 Å². The number of hydrogen-bond acceptors (Lipinski definition) is 4. The molecular formula is C9H7BrN2O2. The van der Waals surface area contributed by atoms with Gasteiger partial charge in [0.25, 0.3) is 0 Å². The molecule has 0 bridgehead atoms. The number of benzene rings is 1. The first kappa shape index (κ1) is 10.5. The first-order valence-corrected chi connectivity index (χ1v) is 4.54. The Morgan fingerprint density at radius 1 is 1.64 bits per heavy atom. The topological polar surface area (TPSA) is 65.6 Å². The normalized spacial score (nSPS) is 10.0. The van der Waals surface area contributed by atoms with Crippen LogP contribution in [0.4, 0.5) is 0 Å². The van der Waals surface area contributed by atoms with E-state index in [2.05, 4.69) is 21.1 Å². The molecule has 1 aromatic carbocycles. The average molecular weight is 255 g/mol. The zero-order valence-electron chi connectivity index (χ0n) is 7.14. The molecule has 4 nitrogen and oxygen atoms in total. The predicted molar refractivity (Wildman–Crippen MR) is 54.6 cm³/mol. The van der Waals surface area contributed by atoms with Crippen molar-refractivity contribution in [1.29, 1.82) is 5.26 Å². The van der Waals surface area contributed by atoms with E-state index in [-0.39, 0.29) is 6.61 Å². The van der Waals surface area contributed by atoms with Gasteiger partial charge in [-0.3, -0.25) is 0 Å². The summed E-state index contributed by atoms with van der Waals surface area (Å²) in [6.45, 7) is -0.0338. The highest BCUT2D eigenvalue weighted by Gasteiger charge is 2.02. The van der Waals surface area contributed by atoms with E-state index in [9.17, 15) is 0 Å². The molecule has 0 saturated carbocycles. The fraction of sp³-hybridized carbons (Fsp3) is 0.111. The van der Waals surface area contributed by atoms with Gasteiger partial charge in [-0.1, -0.05) is 21.1 Å². The summed E-state index contributed by atoms with van der Waals surface area (Å²) in [6.07, 6.45) is 1.25. The maximum atomic E-state index is 8.39. The fourth-order valence-corrected chi connectivity index (χ4v) is 1.30. The van der Waals surface area contributed by atoms with Gasteiger partial charge < -0.3 is 9.94 Å². The highest BCUT2D eigenvalue weighted by Crippen LogP contribution is 2.21. The first-order chi connectivity index (χ1) is 6.77. The third-order valence-corrected chi connectivity index (χ3v) is 1.95. The van der Waals surface area contributed by atoms with E-state index in [0.29, 0.717) is 11.3 Å². The Kier molecular flexibility index (Phi) is 3.95. The molecule has 1 rings (SSSR count). The maximum absolute atomic E-state index is 8.39. The van der Waals surface area contributed by atoms with Crippen molar-refractivity contribution in [3.05, 3.63) is 28.2 Å². The molecule has 0 unspecified atom stereocenters. The second-order valence-electron chi connectivity index (χ2n) is 2.37. The Bertz CT molecular complexity index is 385. The molecule has 0 heterocycles. The molecule has 0 spiro atoms. The van der Waals surface area contributed by atoms with E-state index < -0.39 is 0 Å². The van der Waals surface area contributed by atoms with Crippen molar-refractivity contribution < 1.29 is 9.94 Å². The summed E-state index contributed by atoms with van der Waals surface area (Å²) in [5.41, 5.74) is 0.608. The highest BCUT2D eigenvalue weighted by molar-refractivity contribution is 9.10. The Morgan fingerprint density at radius 2 is 2.43 bits per heavy atom. The quantitative estimate of drug-likeness (QED) is 0.511. The molecule has 0 saturated heterocycles. The lowest BCUT2D eigenvalue weighted by Crippen LogP contribution is -1.97. The first-order valence-electron chi connectivity index (χ1n) is 3.74. The van der Waals surface area contributed by atoms with Crippen LogP contribution in [0, 0.1) is 11.3 Å². The largest absolute Gasteiger partial charge is 0.478 e. The molecule has 72 valence electrons. The van der Waals surface area contributed by atoms with Gasteiger partial charge in [0.05, 0.1) is 6.21 Å². The molecule has 0 aromatic heterocycles. The fourth-order valence-electron chi connectivity index (χ4n) is 0.924. The number of halogens is 1. The van der Waals surface area contributed by atoms with Crippen LogP contribution in [0.5, 0.6) is 5.75 Å². The van der Waals surface area contributed by atoms with E-state index in [0.717, 1.165) is 4.47 Å². The summed E-state index contributed by atoms with van der Waals surface area (Å²) < 4.78 is 5.95. The molecule has 1 N–H and O–H groups in total. The van der Waals surface area contributed by atoms with E-state index in [4.69, 9.17) is 15.2 Å². The Balaban J connectivity index is 2.97. The van der Waals surface area contributed by atoms with Crippen molar-refractivity contribution in [3.8, 4) is 11.8 Å². The van der Waals surface area contributed by atoms with Crippen LogP contribution in [0.3, 0.4) is 0 Å². The minimum Gasteiger partial charge on any atom is -0.478 e. The van der Waals surface area contributed by atoms with E-state index in [1.807, 2.05) is 6.07 Å². The van der Waals surface area contributed by atoms with E-state index in [1.165, 1.54) is 6.21 Å². The van der Waals surface area contributed by atoms with Crippen LogP contribution < -0.4 is 4.74 Å². The lowest BCUT2D eigenvalue weighted by molar-refractivity contribution is 0.321. The highest BCUT2D eigenvalue weighted by atomic mass is 79.9. The van der Waals surface area contributed by atoms with Gasteiger partial charge in [-0.25, -0.2) is 0 Å². The van der Waals surface area contributed by atoms with Crippen molar-refractivity contribution in [2.45, 2.75) is 0 Å². The van der Waals surface area contributed by atoms with Crippen LogP contribution in [0.25, 0.3) is 0 Å². The van der Waals surface area contributed by atoms with Crippen molar-refractivity contribution in [2.75, 3.05) is 6.61 Å². The summed E-state index contributed by atoms with van der Waals surface area (Å²) in [5.74, 6) is 0.507. The van der Waals surface area contributed by atoms with Gasteiger partial charge in [0.1, 0.15) is 11.8 Å². The summed E-state index contributed by atoms with van der Waals surface area (Å²) in [6, 6.07) is 7.06. The molecule has 0 fully saturated rings. The number of nitrogens with zero attached hydrogens (tertiary/aromatic N) is 2. The molecular weight excluding hydrogens is 248 g/mol. The summed E-state index contributed by atoms with van der Waals surface area (Å²) in [4.78, 5) is 0. The second-order valence-corrected chi connectivity index (χ2v) is 3.29. The minimum atomic E-state index is -0.0338. The Morgan fingerprint density at radius 3 is 3.07 bits per heavy atom. The number of rotatable bonds is 3. The van der Waals surface area contributed by atoms with Gasteiger partial charge in [-0.15, -0.1) is 0 Å². The number of nitriles is 1. The summed E-state index contributed by atoms with van der Waals surface area (Å²) >= 11 is 3.27. The minimum absolute atomic E-state index is 0.0338. The lowest BCUT2D eigenvalue weighted by atomic mass is 10.2. The average Bonchev–Trinajstić information content (AvgIpc) is 2.17. The van der Waals surface area contributed by atoms with Gasteiger partial charge in [0.2, 0.25) is 0 Å². The zero-order valence-corrected chi connectivity index (χ0v) is 8.73. The molecule has 0 amide bonds. The van der Waals surface area contributed by atoms with E-state index >= 15 is 0 Å². The second kappa shape index (κ2) is 5.25. The molecule has 0 aliphatic carbocycles. The van der Waals surface area contributed by atoms with Gasteiger partial charge >= 0.3 is 0 Å². The molecule has 0 radical (unpaired) electrons. The Labute approximate surface area is 89.5 Å². The van der Waals surface area contributed by atoms with Crippen molar-refractivity contribution >= 4 is 22.1 Å². The zero-order chi connectivity index (χ0) is 10.4. The van der Waals surface area contributed by atoms with Gasteiger partial charge in [0.15, 0.2) is 6.61 Å². The third-order valence-electron chi connectivity index (χ3n) is 1.46. The van der Waals surface area contributed by atoms with Crippen LogP contribution in [0.15, 0.2) is 27.8 Å². The smallest absolute Gasteiger partial charge is 0.174 e. The van der Waals surface area contributed by atoms with Crippen LogP contribution in [-0.4, -0.2) is 18.0 Å². The molecule has 5 heteroatoms. The van der Waals surface area contributed by atoms with Crippen LogP contribution in [0.1, 0.15) is 5.56 Å². The molecule has 1 aromatic rings. The molecule has 0 aliphatic rings. The molecule has 0 atom stereocenters. The summed E-state index contributed by atoms with van der Waals surface area (Å²) in [5, 5.41) is 19.6. The maximum Gasteiger partial charge on any atom is 0.174 e. The van der Waals surface area contributed by atoms with E-state index in [1.54, 1.807) is 18.2 Å². The van der Waals surface area contributed by atoms with Gasteiger partial charge in [-0.05, 0) is 18.2 Å².